The van der Waals surface area contributed by atoms with Gasteiger partial charge in [-0.05, 0) is 49.2 Å². The monoisotopic (exact) mass is 451 g/mol. The van der Waals surface area contributed by atoms with Crippen LogP contribution in [0.2, 0.25) is 0 Å². The van der Waals surface area contributed by atoms with E-state index < -0.39 is 10.0 Å². The molecule has 1 saturated heterocycles. The van der Waals surface area contributed by atoms with E-state index in [0.29, 0.717) is 4.47 Å². The number of hydrogen-bond acceptors (Lipinski definition) is 4. The minimum absolute atomic E-state index is 0.0342. The van der Waals surface area contributed by atoms with Crippen molar-refractivity contribution in [3.8, 4) is 0 Å². The smallest absolute Gasteiger partial charge is 0.240 e. The number of nitrogens with zero attached hydrogens (tertiary/aromatic N) is 1. The summed E-state index contributed by atoms with van der Waals surface area (Å²) in [4.78, 5) is 14.6. The van der Waals surface area contributed by atoms with Gasteiger partial charge in [0, 0.05) is 41.9 Å². The third-order valence-electron chi connectivity index (χ3n) is 4.35. The van der Waals surface area contributed by atoms with E-state index in [1.807, 2.05) is 24.3 Å². The van der Waals surface area contributed by atoms with Crippen LogP contribution < -0.4 is 14.9 Å². The molecule has 0 unspecified atom stereocenters. The Kier molecular flexibility index (Phi) is 6.51. The molecule has 1 heterocycles. The lowest BCUT2D eigenvalue weighted by Gasteiger charge is -2.18. The Bertz CT molecular complexity index is 912. The van der Waals surface area contributed by atoms with E-state index in [1.165, 1.54) is 25.0 Å². The molecule has 6 nitrogen and oxygen atoms in total. The summed E-state index contributed by atoms with van der Waals surface area (Å²) < 4.78 is 27.6. The van der Waals surface area contributed by atoms with Crippen molar-refractivity contribution in [2.75, 3.05) is 29.9 Å². The van der Waals surface area contributed by atoms with Crippen molar-refractivity contribution >= 4 is 43.2 Å². The van der Waals surface area contributed by atoms with Crippen molar-refractivity contribution in [1.82, 2.24) is 4.72 Å². The van der Waals surface area contributed by atoms with E-state index in [0.717, 1.165) is 24.5 Å². The van der Waals surface area contributed by atoms with E-state index >= 15 is 0 Å². The average molecular weight is 452 g/mol. The summed E-state index contributed by atoms with van der Waals surface area (Å²) in [7, 11) is -3.64. The highest BCUT2D eigenvalue weighted by molar-refractivity contribution is 9.10. The topological polar surface area (TPSA) is 78.5 Å². The number of sulfonamides is 1. The first-order chi connectivity index (χ1) is 12.9. The van der Waals surface area contributed by atoms with Crippen LogP contribution in [0, 0.1) is 0 Å². The van der Waals surface area contributed by atoms with Crippen LogP contribution in [-0.2, 0) is 14.8 Å². The zero-order valence-corrected chi connectivity index (χ0v) is 17.2. The minimum atomic E-state index is -3.64. The van der Waals surface area contributed by atoms with Gasteiger partial charge in [-0.25, -0.2) is 13.1 Å². The van der Waals surface area contributed by atoms with Gasteiger partial charge in [0.25, 0.3) is 0 Å². The summed E-state index contributed by atoms with van der Waals surface area (Å²) >= 11 is 3.25. The Morgan fingerprint density at radius 3 is 2.56 bits per heavy atom. The van der Waals surface area contributed by atoms with Crippen molar-refractivity contribution < 1.29 is 13.2 Å². The molecule has 0 radical (unpaired) electrons. The Labute approximate surface area is 168 Å². The average Bonchev–Trinajstić information content (AvgIpc) is 3.16. The molecule has 2 N–H and O–H groups in total. The Hall–Kier alpha value is -1.90. The molecule has 8 heteroatoms. The van der Waals surface area contributed by atoms with Crippen LogP contribution in [0.25, 0.3) is 0 Å². The molecule has 0 bridgehead atoms. The second-order valence-corrected chi connectivity index (χ2v) is 9.08. The highest BCUT2D eigenvalue weighted by atomic mass is 79.9. The number of anilines is 2. The lowest BCUT2D eigenvalue weighted by atomic mass is 10.2. The van der Waals surface area contributed by atoms with Crippen LogP contribution in [0.3, 0.4) is 0 Å². The molecular weight excluding hydrogens is 430 g/mol. The van der Waals surface area contributed by atoms with Gasteiger partial charge in [-0.15, -0.1) is 0 Å². The first kappa shape index (κ1) is 19.9. The fourth-order valence-corrected chi connectivity index (χ4v) is 4.62. The van der Waals surface area contributed by atoms with Gasteiger partial charge in [0.05, 0.1) is 4.90 Å². The molecule has 2 aromatic carbocycles. The van der Waals surface area contributed by atoms with Crippen molar-refractivity contribution in [2.45, 2.75) is 24.2 Å². The van der Waals surface area contributed by atoms with E-state index in [1.54, 1.807) is 12.1 Å². The SMILES string of the molecule is O=C(CCNS(=O)(=O)c1cccc(Br)c1)Nc1cccc(N2CCCC2)c1. The lowest BCUT2D eigenvalue weighted by Crippen LogP contribution is -2.28. The number of halogens is 1. The molecule has 144 valence electrons. The number of hydrogen-bond donors (Lipinski definition) is 2. The van der Waals surface area contributed by atoms with E-state index in [9.17, 15) is 13.2 Å². The zero-order valence-electron chi connectivity index (χ0n) is 14.8. The lowest BCUT2D eigenvalue weighted by molar-refractivity contribution is -0.116. The third kappa shape index (κ3) is 5.54. The predicted molar refractivity (Wildman–Crippen MR) is 110 cm³/mol. The molecular formula is C19H22BrN3O3S. The molecule has 0 saturated carbocycles. The van der Waals surface area contributed by atoms with Crippen molar-refractivity contribution in [1.29, 1.82) is 0 Å². The van der Waals surface area contributed by atoms with Crippen molar-refractivity contribution in [3.05, 3.63) is 53.0 Å². The second kappa shape index (κ2) is 8.86. The minimum Gasteiger partial charge on any atom is -0.371 e. The summed E-state index contributed by atoms with van der Waals surface area (Å²) in [5.41, 5.74) is 1.82. The van der Waals surface area contributed by atoms with Crippen molar-refractivity contribution in [2.24, 2.45) is 0 Å². The maximum atomic E-state index is 12.2. The summed E-state index contributed by atoms with van der Waals surface area (Å²) in [6.07, 6.45) is 2.44. The second-order valence-electron chi connectivity index (χ2n) is 6.40. The van der Waals surface area contributed by atoms with Gasteiger partial charge in [-0.3, -0.25) is 4.79 Å². The van der Waals surface area contributed by atoms with Gasteiger partial charge in [0.2, 0.25) is 15.9 Å². The van der Waals surface area contributed by atoms with Crippen LogP contribution in [0.1, 0.15) is 19.3 Å². The summed E-state index contributed by atoms with van der Waals surface area (Å²) in [5, 5.41) is 2.83. The fourth-order valence-electron chi connectivity index (χ4n) is 3.00. The largest absolute Gasteiger partial charge is 0.371 e. The molecule has 0 aromatic heterocycles. The Morgan fingerprint density at radius 1 is 1.07 bits per heavy atom. The number of carbonyl (C=O) groups excluding carboxylic acids is 1. The maximum Gasteiger partial charge on any atom is 0.240 e. The van der Waals surface area contributed by atoms with E-state index in [2.05, 4.69) is 30.9 Å². The Morgan fingerprint density at radius 2 is 1.81 bits per heavy atom. The zero-order chi connectivity index (χ0) is 19.3. The van der Waals surface area contributed by atoms with Crippen LogP contribution in [0.4, 0.5) is 11.4 Å². The molecule has 0 aliphatic carbocycles. The van der Waals surface area contributed by atoms with Gasteiger partial charge in [0.15, 0.2) is 0 Å². The number of carbonyl (C=O) groups is 1. The quantitative estimate of drug-likeness (QED) is 0.676. The molecule has 1 amide bonds. The fraction of sp³-hybridized carbons (Fsp3) is 0.316. The molecule has 1 aliphatic rings. The highest BCUT2D eigenvalue weighted by Crippen LogP contribution is 2.23. The summed E-state index contributed by atoms with van der Waals surface area (Å²) in [5.74, 6) is -0.231. The van der Waals surface area contributed by atoms with Gasteiger partial charge >= 0.3 is 0 Å². The number of benzene rings is 2. The molecule has 3 rings (SSSR count). The van der Waals surface area contributed by atoms with Crippen molar-refractivity contribution in [3.63, 3.8) is 0 Å². The summed E-state index contributed by atoms with van der Waals surface area (Å²) in [6.45, 7) is 2.11. The first-order valence-electron chi connectivity index (χ1n) is 8.84. The molecule has 1 aliphatic heterocycles. The number of amides is 1. The molecule has 0 spiro atoms. The molecule has 0 atom stereocenters. The van der Waals surface area contributed by atoms with Crippen LogP contribution in [0.15, 0.2) is 57.9 Å². The maximum absolute atomic E-state index is 12.2. The first-order valence-corrected chi connectivity index (χ1v) is 11.1. The van der Waals surface area contributed by atoms with Crippen LogP contribution >= 0.6 is 15.9 Å². The number of rotatable bonds is 7. The van der Waals surface area contributed by atoms with Crippen LogP contribution in [0.5, 0.6) is 0 Å². The molecule has 27 heavy (non-hydrogen) atoms. The third-order valence-corrected chi connectivity index (χ3v) is 6.30. The van der Waals surface area contributed by atoms with Crippen LogP contribution in [-0.4, -0.2) is 34.0 Å². The highest BCUT2D eigenvalue weighted by Gasteiger charge is 2.15. The molecule has 2 aromatic rings. The number of nitrogens with one attached hydrogen (secondary N) is 2. The normalized spacial score (nSPS) is 14.3. The van der Waals surface area contributed by atoms with E-state index in [-0.39, 0.29) is 23.8 Å². The summed E-state index contributed by atoms with van der Waals surface area (Å²) in [6, 6.07) is 14.2. The van der Waals surface area contributed by atoms with E-state index in [4.69, 9.17) is 0 Å². The van der Waals surface area contributed by atoms with Gasteiger partial charge in [-0.2, -0.15) is 0 Å². The standard InChI is InChI=1S/C19H22BrN3O3S/c20-15-5-3-8-18(13-15)27(25,26)21-10-9-19(24)22-16-6-4-7-17(14-16)23-11-1-2-12-23/h3-8,13-14,21H,1-2,9-12H2,(H,22,24). The Balaban J connectivity index is 1.52. The van der Waals surface area contributed by atoms with Gasteiger partial charge in [0.1, 0.15) is 0 Å². The molecule has 1 fully saturated rings. The van der Waals surface area contributed by atoms with Gasteiger partial charge in [-0.1, -0.05) is 28.1 Å². The predicted octanol–water partition coefficient (Wildman–Crippen LogP) is 3.36. The van der Waals surface area contributed by atoms with Gasteiger partial charge < -0.3 is 10.2 Å².